The maximum atomic E-state index is 12.8. The van der Waals surface area contributed by atoms with Gasteiger partial charge in [0.25, 0.3) is 0 Å². The summed E-state index contributed by atoms with van der Waals surface area (Å²) in [5.74, 6) is -0.351. The predicted molar refractivity (Wildman–Crippen MR) is 52.2 cm³/mol. The van der Waals surface area contributed by atoms with Crippen molar-refractivity contribution in [3.8, 4) is 0 Å². The average molecular weight is 178 g/mol. The lowest BCUT2D eigenvalue weighted by Gasteiger charge is -2.17. The lowest BCUT2D eigenvalue weighted by Crippen LogP contribution is -2.18. The van der Waals surface area contributed by atoms with Crippen molar-refractivity contribution in [2.75, 3.05) is 23.7 Å². The number of benzene rings is 1. The Morgan fingerprint density at radius 1 is 1.23 bits per heavy atom. The quantitative estimate of drug-likeness (QED) is 0.524. The molecule has 0 bridgehead atoms. The molecule has 1 aliphatic rings. The Kier molecular flexibility index (Phi) is 1.93. The molecule has 1 aliphatic heterocycles. The predicted octanol–water partition coefficient (Wildman–Crippen LogP) is 1.78. The van der Waals surface area contributed by atoms with Gasteiger partial charge in [-0.1, -0.05) is 12.2 Å². The molecule has 0 fully saturated rings. The highest BCUT2D eigenvalue weighted by atomic mass is 19.1. The summed E-state index contributed by atoms with van der Waals surface area (Å²) in [7, 11) is 0. The zero-order valence-electron chi connectivity index (χ0n) is 7.20. The summed E-state index contributed by atoms with van der Waals surface area (Å²) in [5.41, 5.74) is 6.65. The van der Waals surface area contributed by atoms with Gasteiger partial charge in [-0.25, -0.2) is 4.39 Å². The molecule has 13 heavy (non-hydrogen) atoms. The van der Waals surface area contributed by atoms with E-state index in [4.69, 9.17) is 5.73 Å². The van der Waals surface area contributed by atoms with E-state index in [0.29, 0.717) is 0 Å². The number of halogens is 1. The zero-order chi connectivity index (χ0) is 9.26. The van der Waals surface area contributed by atoms with Crippen LogP contribution in [-0.4, -0.2) is 13.1 Å². The van der Waals surface area contributed by atoms with Gasteiger partial charge < -0.3 is 10.6 Å². The Morgan fingerprint density at radius 3 is 2.54 bits per heavy atom. The first-order chi connectivity index (χ1) is 6.27. The van der Waals surface area contributed by atoms with Crippen molar-refractivity contribution < 1.29 is 4.39 Å². The third-order valence-corrected chi connectivity index (χ3v) is 2.16. The molecule has 1 aromatic rings. The number of nitrogen functional groups attached to an aromatic ring is 1. The maximum Gasteiger partial charge on any atom is 0.146 e. The molecule has 0 atom stereocenters. The van der Waals surface area contributed by atoms with Crippen LogP contribution in [0.25, 0.3) is 0 Å². The van der Waals surface area contributed by atoms with Crippen molar-refractivity contribution in [3.05, 3.63) is 36.2 Å². The third-order valence-electron chi connectivity index (χ3n) is 2.16. The van der Waals surface area contributed by atoms with Gasteiger partial charge in [-0.2, -0.15) is 0 Å². The fraction of sp³-hybridized carbons (Fsp3) is 0.200. The van der Waals surface area contributed by atoms with E-state index in [1.54, 1.807) is 12.1 Å². The molecule has 1 aromatic carbocycles. The Hall–Kier alpha value is -1.51. The Balaban J connectivity index is 2.26. The zero-order valence-corrected chi connectivity index (χ0v) is 7.20. The summed E-state index contributed by atoms with van der Waals surface area (Å²) in [6.07, 6.45) is 4.17. The molecule has 0 radical (unpaired) electrons. The number of rotatable bonds is 1. The van der Waals surface area contributed by atoms with Crippen LogP contribution in [0.3, 0.4) is 0 Å². The topological polar surface area (TPSA) is 29.3 Å². The summed E-state index contributed by atoms with van der Waals surface area (Å²) in [6.45, 7) is 1.76. The van der Waals surface area contributed by atoms with Crippen LogP contribution in [0.1, 0.15) is 0 Å². The molecule has 2 N–H and O–H groups in total. The SMILES string of the molecule is Nc1cc(N2CC=CC2)ccc1F. The molecule has 1 heterocycles. The smallest absolute Gasteiger partial charge is 0.146 e. The Morgan fingerprint density at radius 2 is 1.92 bits per heavy atom. The van der Waals surface area contributed by atoms with Crippen molar-refractivity contribution in [2.45, 2.75) is 0 Å². The summed E-state index contributed by atoms with van der Waals surface area (Å²) in [4.78, 5) is 2.12. The molecule has 0 unspecified atom stereocenters. The van der Waals surface area contributed by atoms with Crippen LogP contribution in [0.15, 0.2) is 30.4 Å². The third kappa shape index (κ3) is 1.49. The van der Waals surface area contributed by atoms with Gasteiger partial charge in [-0.05, 0) is 18.2 Å². The fourth-order valence-electron chi connectivity index (χ4n) is 1.42. The molecule has 0 aliphatic carbocycles. The summed E-state index contributed by atoms with van der Waals surface area (Å²) in [6, 6.07) is 4.82. The van der Waals surface area contributed by atoms with Crippen LogP contribution >= 0.6 is 0 Å². The Bertz CT molecular complexity index is 339. The van der Waals surface area contributed by atoms with Crippen LogP contribution in [0, 0.1) is 5.82 Å². The second kappa shape index (κ2) is 3.09. The highest BCUT2D eigenvalue weighted by Gasteiger charge is 2.08. The second-order valence-corrected chi connectivity index (χ2v) is 3.08. The first-order valence-electron chi connectivity index (χ1n) is 4.22. The largest absolute Gasteiger partial charge is 0.396 e. The lowest BCUT2D eigenvalue weighted by molar-refractivity contribution is 0.632. The minimum absolute atomic E-state index is 0.212. The molecule has 0 spiro atoms. The highest BCUT2D eigenvalue weighted by Crippen LogP contribution is 2.21. The van der Waals surface area contributed by atoms with Gasteiger partial charge in [0.2, 0.25) is 0 Å². The first kappa shape index (κ1) is 8.10. The van der Waals surface area contributed by atoms with Gasteiger partial charge in [-0.3, -0.25) is 0 Å². The van der Waals surface area contributed by atoms with E-state index in [1.165, 1.54) is 6.07 Å². The fourth-order valence-corrected chi connectivity index (χ4v) is 1.42. The Labute approximate surface area is 76.5 Å². The monoisotopic (exact) mass is 178 g/mol. The van der Waals surface area contributed by atoms with Gasteiger partial charge in [0, 0.05) is 18.8 Å². The first-order valence-corrected chi connectivity index (χ1v) is 4.22. The van der Waals surface area contributed by atoms with Crippen molar-refractivity contribution in [1.29, 1.82) is 0 Å². The average Bonchev–Trinajstić information content (AvgIpc) is 2.62. The van der Waals surface area contributed by atoms with Crippen LogP contribution in [0.2, 0.25) is 0 Å². The van der Waals surface area contributed by atoms with Crippen LogP contribution in [-0.2, 0) is 0 Å². The number of anilines is 2. The van der Waals surface area contributed by atoms with E-state index in [1.807, 2.05) is 0 Å². The van der Waals surface area contributed by atoms with Gasteiger partial charge in [0.15, 0.2) is 0 Å². The van der Waals surface area contributed by atoms with Crippen LogP contribution < -0.4 is 10.6 Å². The molecule has 0 saturated heterocycles. The van der Waals surface area contributed by atoms with Gasteiger partial charge in [0.1, 0.15) is 5.82 Å². The molecule has 2 nitrogen and oxygen atoms in total. The van der Waals surface area contributed by atoms with E-state index in [2.05, 4.69) is 17.1 Å². The number of nitrogens with two attached hydrogens (primary N) is 1. The number of nitrogens with zero attached hydrogens (tertiary/aromatic N) is 1. The van der Waals surface area contributed by atoms with Crippen molar-refractivity contribution in [1.82, 2.24) is 0 Å². The van der Waals surface area contributed by atoms with E-state index in [9.17, 15) is 4.39 Å². The molecule has 0 saturated carbocycles. The summed E-state index contributed by atoms with van der Waals surface area (Å²) >= 11 is 0. The second-order valence-electron chi connectivity index (χ2n) is 3.08. The number of hydrogen-bond donors (Lipinski definition) is 1. The van der Waals surface area contributed by atoms with E-state index < -0.39 is 0 Å². The molecule has 68 valence electrons. The molecule has 0 aromatic heterocycles. The lowest BCUT2D eigenvalue weighted by atomic mass is 10.2. The van der Waals surface area contributed by atoms with Crippen molar-refractivity contribution in [2.24, 2.45) is 0 Å². The maximum absolute atomic E-state index is 12.8. The van der Waals surface area contributed by atoms with E-state index in [-0.39, 0.29) is 11.5 Å². The summed E-state index contributed by atoms with van der Waals surface area (Å²) < 4.78 is 12.8. The minimum Gasteiger partial charge on any atom is -0.396 e. The highest BCUT2D eigenvalue weighted by molar-refractivity contribution is 5.58. The number of hydrogen-bond acceptors (Lipinski definition) is 2. The molecular weight excluding hydrogens is 167 g/mol. The normalized spacial score (nSPS) is 15.3. The molecule has 0 amide bonds. The molecule has 3 heteroatoms. The van der Waals surface area contributed by atoms with Gasteiger partial charge in [0.05, 0.1) is 5.69 Å². The standard InChI is InChI=1S/C10H11FN2/c11-9-4-3-8(7-10(9)12)13-5-1-2-6-13/h1-4,7H,5-6,12H2. The van der Waals surface area contributed by atoms with Crippen LogP contribution in [0.5, 0.6) is 0 Å². The van der Waals surface area contributed by atoms with Gasteiger partial charge >= 0.3 is 0 Å². The molecule has 2 rings (SSSR count). The molecular formula is C10H11FN2. The van der Waals surface area contributed by atoms with E-state index >= 15 is 0 Å². The van der Waals surface area contributed by atoms with Crippen molar-refractivity contribution >= 4 is 11.4 Å². The van der Waals surface area contributed by atoms with Crippen molar-refractivity contribution in [3.63, 3.8) is 0 Å². The van der Waals surface area contributed by atoms with E-state index in [0.717, 1.165) is 18.8 Å². The summed E-state index contributed by atoms with van der Waals surface area (Å²) in [5, 5.41) is 0. The van der Waals surface area contributed by atoms with Gasteiger partial charge in [-0.15, -0.1) is 0 Å². The minimum atomic E-state index is -0.351. The van der Waals surface area contributed by atoms with Crippen LogP contribution in [0.4, 0.5) is 15.8 Å².